The lowest BCUT2D eigenvalue weighted by atomic mass is 9.68. The van der Waals surface area contributed by atoms with Crippen LogP contribution < -0.4 is 5.43 Å². The van der Waals surface area contributed by atoms with Gasteiger partial charge in [-0.15, -0.1) is 5.23 Å². The van der Waals surface area contributed by atoms with Crippen LogP contribution in [0.2, 0.25) is 0 Å². The van der Waals surface area contributed by atoms with E-state index in [1.54, 1.807) is 23.9 Å². The summed E-state index contributed by atoms with van der Waals surface area (Å²) in [5.41, 5.74) is 6.11. The third-order valence-corrected chi connectivity index (χ3v) is 6.04. The van der Waals surface area contributed by atoms with E-state index in [1.165, 1.54) is 24.5 Å². The van der Waals surface area contributed by atoms with Gasteiger partial charge in [0, 0.05) is 30.7 Å². The Morgan fingerprint density at radius 2 is 2.00 bits per heavy atom. The number of nitrogens with zero attached hydrogens (tertiary/aromatic N) is 5. The molecule has 1 N–H and O–H groups in total. The Bertz CT molecular complexity index is 1120. The number of hydrogen-bond acceptors (Lipinski definition) is 6. The summed E-state index contributed by atoms with van der Waals surface area (Å²) in [6.45, 7) is 1.81. The van der Waals surface area contributed by atoms with E-state index in [-0.39, 0.29) is 41.7 Å². The molecular formula is C21H20F2N6O. The molecule has 9 heteroatoms. The van der Waals surface area contributed by atoms with Crippen LogP contribution in [-0.2, 0) is 11.8 Å². The van der Waals surface area contributed by atoms with Crippen LogP contribution in [0.25, 0.3) is 0 Å². The second-order valence-electron chi connectivity index (χ2n) is 7.81. The molecule has 0 fully saturated rings. The number of benzene rings is 1. The first-order valence-corrected chi connectivity index (χ1v) is 9.78. The lowest BCUT2D eigenvalue weighted by Gasteiger charge is -2.42. The van der Waals surface area contributed by atoms with Crippen LogP contribution in [0.3, 0.4) is 0 Å². The average molecular weight is 410 g/mol. The monoisotopic (exact) mass is 410 g/mol. The Kier molecular flexibility index (Phi) is 4.35. The van der Waals surface area contributed by atoms with Gasteiger partial charge < -0.3 is 0 Å². The molecule has 3 aliphatic rings. The number of carbonyl (C=O) groups is 1. The van der Waals surface area contributed by atoms with Crippen LogP contribution in [0.4, 0.5) is 8.87 Å². The lowest BCUT2D eigenvalue weighted by Crippen LogP contribution is -2.48. The molecule has 0 amide bonds. The fraction of sp³-hybridized carbons (Fsp3) is 0.333. The Hall–Kier alpha value is -3.20. The number of ketones is 1. The summed E-state index contributed by atoms with van der Waals surface area (Å²) in [4.78, 5) is 21.4. The highest BCUT2D eigenvalue weighted by Crippen LogP contribution is 2.48. The third kappa shape index (κ3) is 2.88. The Labute approximate surface area is 171 Å². The van der Waals surface area contributed by atoms with Crippen LogP contribution in [0.5, 0.6) is 0 Å². The quantitative estimate of drug-likeness (QED) is 0.770. The minimum Gasteiger partial charge on any atom is -0.293 e. The number of nitrogens with one attached hydrogen (secondary N) is 1. The molecule has 7 nitrogen and oxygen atoms in total. The molecule has 3 atom stereocenters. The van der Waals surface area contributed by atoms with Gasteiger partial charge in [0.25, 0.3) is 0 Å². The molecule has 3 heterocycles. The Morgan fingerprint density at radius 1 is 1.23 bits per heavy atom. The smallest absolute Gasteiger partial charge is 0.179 e. The predicted molar refractivity (Wildman–Crippen MR) is 105 cm³/mol. The van der Waals surface area contributed by atoms with Crippen LogP contribution in [0.1, 0.15) is 36.6 Å². The summed E-state index contributed by atoms with van der Waals surface area (Å²) in [6.07, 6.45) is 3.36. The minimum absolute atomic E-state index is 0.0671. The van der Waals surface area contributed by atoms with E-state index < -0.39 is 0 Å². The molecule has 0 radical (unpaired) electrons. The molecule has 0 spiro atoms. The molecule has 1 aliphatic carbocycles. The molecule has 0 saturated heterocycles. The molecule has 0 saturated carbocycles. The van der Waals surface area contributed by atoms with Gasteiger partial charge in [-0.25, -0.2) is 9.37 Å². The molecule has 2 aliphatic heterocycles. The maximum absolute atomic E-state index is 14.8. The molecule has 5 rings (SSSR count). The lowest BCUT2D eigenvalue weighted by molar-refractivity contribution is -0.113. The van der Waals surface area contributed by atoms with E-state index in [9.17, 15) is 13.7 Å². The summed E-state index contributed by atoms with van der Waals surface area (Å²) in [6, 6.07) is 6.10. The Balaban J connectivity index is 1.76. The van der Waals surface area contributed by atoms with Crippen molar-refractivity contribution >= 4 is 11.5 Å². The number of halogens is 2. The molecule has 0 bridgehead atoms. The molecule has 154 valence electrons. The van der Waals surface area contributed by atoms with Crippen molar-refractivity contribution in [2.75, 3.05) is 6.54 Å². The molecule has 30 heavy (non-hydrogen) atoms. The first kappa shape index (κ1) is 18.8. The number of hydrogen-bond donors (Lipinski definition) is 1. The van der Waals surface area contributed by atoms with Crippen molar-refractivity contribution in [1.82, 2.24) is 25.4 Å². The molecule has 1 aromatic carbocycles. The SMILES string of the molecule is CC1NN(F)C2=CC(=O)CN=C3C2=C1CC(c1ccc(F)cc1)C3c1ncnn1C. The standard InChI is InChI=1S/C21H20F2N6O/c1-11-15-8-16(12-3-5-13(22)6-4-12)19(21-25-10-26-28(21)2)20-18(15)17(29(23)27-11)7-14(30)9-24-20/h3-7,10-11,16,19,27H,8-9H2,1-2H3. The zero-order valence-electron chi connectivity index (χ0n) is 16.5. The van der Waals surface area contributed by atoms with E-state index in [0.717, 1.165) is 11.1 Å². The van der Waals surface area contributed by atoms with Gasteiger partial charge in [-0.1, -0.05) is 16.6 Å². The molecule has 2 aromatic rings. The van der Waals surface area contributed by atoms with Gasteiger partial charge in [-0.05, 0) is 36.6 Å². The molecule has 1 aromatic heterocycles. The number of hydrazine groups is 1. The zero-order valence-corrected chi connectivity index (χ0v) is 16.5. The second-order valence-corrected chi connectivity index (χ2v) is 7.81. The van der Waals surface area contributed by atoms with Crippen molar-refractivity contribution in [2.24, 2.45) is 12.0 Å². The first-order chi connectivity index (χ1) is 14.4. The predicted octanol–water partition coefficient (Wildman–Crippen LogP) is 2.52. The van der Waals surface area contributed by atoms with Crippen LogP contribution in [-0.4, -0.2) is 44.1 Å². The molecule has 3 unspecified atom stereocenters. The fourth-order valence-corrected chi connectivity index (χ4v) is 4.65. The van der Waals surface area contributed by atoms with Crippen LogP contribution >= 0.6 is 0 Å². The summed E-state index contributed by atoms with van der Waals surface area (Å²) in [5, 5.41) is 4.62. The summed E-state index contributed by atoms with van der Waals surface area (Å²) < 4.78 is 30.1. The Morgan fingerprint density at radius 3 is 2.70 bits per heavy atom. The number of aromatic nitrogens is 3. The van der Waals surface area contributed by atoms with Crippen molar-refractivity contribution in [2.45, 2.75) is 31.2 Å². The van der Waals surface area contributed by atoms with Gasteiger partial charge in [-0.3, -0.25) is 14.5 Å². The number of aliphatic imine (C=N–C) groups is 1. The van der Waals surface area contributed by atoms with Crippen LogP contribution in [0, 0.1) is 5.82 Å². The van der Waals surface area contributed by atoms with Crippen molar-refractivity contribution < 1.29 is 13.7 Å². The van der Waals surface area contributed by atoms with Gasteiger partial charge in [0.15, 0.2) is 5.78 Å². The highest BCUT2D eigenvalue weighted by Gasteiger charge is 2.45. The minimum atomic E-state index is -0.352. The van der Waals surface area contributed by atoms with Crippen molar-refractivity contribution in [3.05, 3.63) is 70.7 Å². The highest BCUT2D eigenvalue weighted by atomic mass is 19.2. The highest BCUT2D eigenvalue weighted by molar-refractivity contribution is 6.13. The fourth-order valence-electron chi connectivity index (χ4n) is 4.65. The van der Waals surface area contributed by atoms with Gasteiger partial charge in [0.1, 0.15) is 30.2 Å². The van der Waals surface area contributed by atoms with Gasteiger partial charge in [0.2, 0.25) is 0 Å². The number of allylic oxidation sites excluding steroid dienone is 1. The van der Waals surface area contributed by atoms with Crippen LogP contribution in [0.15, 0.2) is 58.5 Å². The topological polar surface area (TPSA) is 75.4 Å². The maximum Gasteiger partial charge on any atom is 0.179 e. The van der Waals surface area contributed by atoms with Gasteiger partial charge in [0.05, 0.1) is 11.6 Å². The van der Waals surface area contributed by atoms with E-state index in [2.05, 4.69) is 20.5 Å². The number of rotatable bonds is 2. The third-order valence-electron chi connectivity index (χ3n) is 6.04. The normalized spacial score (nSPS) is 26.2. The van der Waals surface area contributed by atoms with Gasteiger partial charge >= 0.3 is 0 Å². The summed E-state index contributed by atoms with van der Waals surface area (Å²) >= 11 is 0. The largest absolute Gasteiger partial charge is 0.293 e. The van der Waals surface area contributed by atoms with Crippen molar-refractivity contribution in [3.63, 3.8) is 0 Å². The second kappa shape index (κ2) is 6.94. The van der Waals surface area contributed by atoms with E-state index >= 15 is 0 Å². The van der Waals surface area contributed by atoms with Crippen molar-refractivity contribution in [1.29, 1.82) is 0 Å². The van der Waals surface area contributed by atoms with Gasteiger partial charge in [-0.2, -0.15) is 10.5 Å². The molecular weight excluding hydrogens is 390 g/mol. The summed E-state index contributed by atoms with van der Waals surface area (Å²) in [5.74, 6) is -0.383. The average Bonchev–Trinajstić information content (AvgIpc) is 3.05. The van der Waals surface area contributed by atoms with E-state index in [0.29, 0.717) is 28.8 Å². The first-order valence-electron chi connectivity index (χ1n) is 9.78. The van der Waals surface area contributed by atoms with Crippen molar-refractivity contribution in [3.8, 4) is 0 Å². The number of carbonyl (C=O) groups excluding carboxylic acids is 1. The maximum atomic E-state index is 14.8. The zero-order chi connectivity index (χ0) is 21.0. The summed E-state index contributed by atoms with van der Waals surface area (Å²) in [7, 11) is 1.79. The van der Waals surface area contributed by atoms with E-state index in [4.69, 9.17) is 0 Å². The number of aryl methyl sites for hydroxylation is 1. The van der Waals surface area contributed by atoms with E-state index in [1.807, 2.05) is 6.92 Å².